The number of amides is 1. The molecule has 0 bridgehead atoms. The van der Waals surface area contributed by atoms with E-state index in [0.29, 0.717) is 31.7 Å². The van der Waals surface area contributed by atoms with Crippen molar-refractivity contribution in [3.05, 3.63) is 105 Å². The van der Waals surface area contributed by atoms with Gasteiger partial charge in [0, 0.05) is 16.8 Å². The zero-order valence-electron chi connectivity index (χ0n) is 20.1. The highest BCUT2D eigenvalue weighted by Gasteiger charge is 2.23. The van der Waals surface area contributed by atoms with Crippen LogP contribution < -0.4 is 14.4 Å². The van der Waals surface area contributed by atoms with Crippen molar-refractivity contribution in [1.82, 2.24) is 0 Å². The van der Waals surface area contributed by atoms with Crippen molar-refractivity contribution in [2.45, 2.75) is 6.92 Å². The topological polar surface area (TPSA) is 76.1 Å². The van der Waals surface area contributed by atoms with Crippen LogP contribution >= 0.6 is 31.9 Å². The molecule has 0 spiro atoms. The number of ether oxygens (including phenoxy) is 2. The van der Waals surface area contributed by atoms with E-state index in [1.807, 2.05) is 49.4 Å². The third-order valence-corrected chi connectivity index (χ3v) is 6.86. The van der Waals surface area contributed by atoms with E-state index >= 15 is 0 Å². The average Bonchev–Trinajstić information content (AvgIpc) is 2.89. The summed E-state index contributed by atoms with van der Waals surface area (Å²) in [6.45, 7) is 1.54. The van der Waals surface area contributed by atoms with Gasteiger partial charge >= 0.3 is 5.97 Å². The number of rotatable bonds is 8. The predicted molar refractivity (Wildman–Crippen MR) is 151 cm³/mol. The lowest BCUT2D eigenvalue weighted by atomic mass is 9.99. The number of aryl methyl sites for hydroxylation is 1. The van der Waals surface area contributed by atoms with Gasteiger partial charge in [0.2, 0.25) is 0 Å². The smallest absolute Gasteiger partial charge is 0.323 e. The van der Waals surface area contributed by atoms with E-state index in [0.717, 1.165) is 22.4 Å². The fraction of sp³-hybridized carbons (Fsp3) is 0.103. The van der Waals surface area contributed by atoms with Crippen LogP contribution in [0.5, 0.6) is 17.2 Å². The molecule has 4 aromatic rings. The molecule has 37 heavy (non-hydrogen) atoms. The highest BCUT2D eigenvalue weighted by Crippen LogP contribution is 2.42. The highest BCUT2D eigenvalue weighted by atomic mass is 79.9. The minimum absolute atomic E-state index is 0.387. The zero-order valence-corrected chi connectivity index (χ0v) is 23.2. The van der Waals surface area contributed by atoms with Crippen LogP contribution in [0.15, 0.2) is 93.9 Å². The molecule has 4 aromatic carbocycles. The van der Waals surface area contributed by atoms with Gasteiger partial charge in [-0.1, -0.05) is 42.5 Å². The second kappa shape index (κ2) is 11.6. The Kier molecular flexibility index (Phi) is 8.31. The molecule has 0 atom stereocenters. The number of carbonyl (C=O) groups is 2. The van der Waals surface area contributed by atoms with Crippen LogP contribution in [0.25, 0.3) is 11.1 Å². The van der Waals surface area contributed by atoms with Crippen LogP contribution in [0.2, 0.25) is 0 Å². The zero-order chi connectivity index (χ0) is 26.5. The van der Waals surface area contributed by atoms with E-state index in [1.54, 1.807) is 49.6 Å². The molecule has 0 unspecified atom stereocenters. The van der Waals surface area contributed by atoms with Gasteiger partial charge in [-0.25, -0.2) is 0 Å². The summed E-state index contributed by atoms with van der Waals surface area (Å²) in [6.07, 6.45) is 0. The minimum atomic E-state index is -1.13. The predicted octanol–water partition coefficient (Wildman–Crippen LogP) is 7.72. The first kappa shape index (κ1) is 26.4. The van der Waals surface area contributed by atoms with Gasteiger partial charge in [-0.2, -0.15) is 0 Å². The van der Waals surface area contributed by atoms with Gasteiger partial charge in [-0.3, -0.25) is 14.5 Å². The van der Waals surface area contributed by atoms with Gasteiger partial charge in [-0.05, 0) is 92.4 Å². The quantitative estimate of drug-likeness (QED) is 0.217. The van der Waals surface area contributed by atoms with Crippen LogP contribution in [-0.2, 0) is 4.79 Å². The Morgan fingerprint density at radius 3 is 2.14 bits per heavy atom. The summed E-state index contributed by atoms with van der Waals surface area (Å²) >= 11 is 7.07. The first-order valence-corrected chi connectivity index (χ1v) is 12.9. The molecule has 0 saturated heterocycles. The lowest BCUT2D eigenvalue weighted by molar-refractivity contribution is -0.135. The number of hydrogen-bond acceptors (Lipinski definition) is 4. The molecule has 0 fully saturated rings. The number of benzene rings is 4. The minimum Gasteiger partial charge on any atom is -0.496 e. The summed E-state index contributed by atoms with van der Waals surface area (Å²) in [7, 11) is 1.63. The fourth-order valence-electron chi connectivity index (χ4n) is 3.91. The number of halogens is 2. The molecule has 0 radical (unpaired) electrons. The molecule has 8 heteroatoms. The van der Waals surface area contributed by atoms with Crippen LogP contribution in [0.1, 0.15) is 15.9 Å². The largest absolute Gasteiger partial charge is 0.496 e. The van der Waals surface area contributed by atoms with Crippen LogP contribution in [0, 0.1) is 6.92 Å². The maximum absolute atomic E-state index is 13.1. The van der Waals surface area contributed by atoms with Crippen molar-refractivity contribution in [3.63, 3.8) is 0 Å². The number of anilines is 1. The van der Waals surface area contributed by atoms with E-state index in [2.05, 4.69) is 31.9 Å². The fourth-order valence-corrected chi connectivity index (χ4v) is 5.23. The van der Waals surface area contributed by atoms with Crippen molar-refractivity contribution < 1.29 is 24.2 Å². The second-order valence-corrected chi connectivity index (χ2v) is 9.88. The summed E-state index contributed by atoms with van der Waals surface area (Å²) in [5, 5.41) is 9.46. The Hall–Kier alpha value is -3.62. The summed E-state index contributed by atoms with van der Waals surface area (Å²) in [5.74, 6) is 0.231. The normalized spacial score (nSPS) is 10.6. The van der Waals surface area contributed by atoms with Gasteiger partial charge in [0.15, 0.2) is 5.75 Å². The molecule has 1 amide bonds. The van der Waals surface area contributed by atoms with Gasteiger partial charge in [-0.15, -0.1) is 0 Å². The summed E-state index contributed by atoms with van der Waals surface area (Å²) < 4.78 is 12.9. The first-order chi connectivity index (χ1) is 17.8. The molecule has 0 saturated carbocycles. The first-order valence-electron chi connectivity index (χ1n) is 11.3. The van der Waals surface area contributed by atoms with Crippen molar-refractivity contribution >= 4 is 49.4 Å². The number of hydrogen-bond donors (Lipinski definition) is 1. The number of nitrogens with zero attached hydrogens (tertiary/aromatic N) is 1. The summed E-state index contributed by atoms with van der Waals surface area (Å²) in [5.41, 5.74) is 3.81. The molecule has 0 aliphatic heterocycles. The maximum atomic E-state index is 13.1. The van der Waals surface area contributed by atoms with E-state index in [4.69, 9.17) is 9.47 Å². The Balaban J connectivity index is 1.69. The Morgan fingerprint density at radius 1 is 0.865 bits per heavy atom. The molecule has 0 heterocycles. The lowest BCUT2D eigenvalue weighted by Crippen LogP contribution is -2.35. The Bertz CT molecular complexity index is 1430. The monoisotopic (exact) mass is 623 g/mol. The molecule has 0 aliphatic rings. The average molecular weight is 625 g/mol. The summed E-state index contributed by atoms with van der Waals surface area (Å²) in [4.78, 5) is 25.9. The van der Waals surface area contributed by atoms with Crippen LogP contribution in [-0.4, -0.2) is 30.6 Å². The van der Waals surface area contributed by atoms with Crippen molar-refractivity contribution in [2.24, 2.45) is 0 Å². The van der Waals surface area contributed by atoms with E-state index in [9.17, 15) is 14.7 Å². The molecule has 4 rings (SSSR count). The van der Waals surface area contributed by atoms with Crippen LogP contribution in [0.3, 0.4) is 0 Å². The molecular formula is C29H23Br2NO5. The standard InChI is InChI=1S/C29H23Br2NO5/c1-18-8-6-7-11-22(18)23-16-21(12-13-26(23)36-2)37-28-24(30)14-20(15-25(28)31)32(17-27(33)34)29(35)19-9-4-3-5-10-19/h3-16H,17H2,1-2H3,(H,33,34). The van der Waals surface area contributed by atoms with Crippen LogP contribution in [0.4, 0.5) is 5.69 Å². The lowest BCUT2D eigenvalue weighted by Gasteiger charge is -2.23. The number of carboxylic acids is 1. The van der Waals surface area contributed by atoms with E-state index in [-0.39, 0.29) is 0 Å². The highest BCUT2D eigenvalue weighted by molar-refractivity contribution is 9.11. The van der Waals surface area contributed by atoms with Gasteiger partial charge in [0.05, 0.1) is 16.1 Å². The molecule has 188 valence electrons. The van der Waals surface area contributed by atoms with E-state index in [1.165, 1.54) is 4.90 Å². The number of methoxy groups -OCH3 is 1. The van der Waals surface area contributed by atoms with Crippen molar-refractivity contribution in [1.29, 1.82) is 0 Å². The Labute approximate surface area is 231 Å². The SMILES string of the molecule is COc1ccc(Oc2c(Br)cc(N(CC(=O)O)C(=O)c3ccccc3)cc2Br)cc1-c1ccccc1C. The maximum Gasteiger partial charge on any atom is 0.323 e. The van der Waals surface area contributed by atoms with Gasteiger partial charge < -0.3 is 14.6 Å². The van der Waals surface area contributed by atoms with Crippen molar-refractivity contribution in [2.75, 3.05) is 18.6 Å². The van der Waals surface area contributed by atoms with Gasteiger partial charge in [0.25, 0.3) is 5.91 Å². The second-order valence-electron chi connectivity index (χ2n) is 8.17. The number of aliphatic carboxylic acids is 1. The molecule has 0 aliphatic carbocycles. The Morgan fingerprint density at radius 2 is 1.51 bits per heavy atom. The number of carboxylic acid groups (broad SMARTS) is 1. The van der Waals surface area contributed by atoms with Gasteiger partial charge in [0.1, 0.15) is 18.0 Å². The molecular weight excluding hydrogens is 602 g/mol. The molecule has 1 N–H and O–H groups in total. The third-order valence-electron chi connectivity index (χ3n) is 5.68. The molecule has 0 aromatic heterocycles. The number of carbonyl (C=O) groups excluding carboxylic acids is 1. The summed E-state index contributed by atoms with van der Waals surface area (Å²) in [6, 6.07) is 25.5. The molecule has 6 nitrogen and oxygen atoms in total. The van der Waals surface area contributed by atoms with Crippen molar-refractivity contribution in [3.8, 4) is 28.4 Å². The third kappa shape index (κ3) is 6.03. The van der Waals surface area contributed by atoms with E-state index < -0.39 is 18.4 Å².